The van der Waals surface area contributed by atoms with Gasteiger partial charge in [-0.05, 0) is 66.1 Å². The Kier molecular flexibility index (Phi) is 13.7. The molecule has 45 heavy (non-hydrogen) atoms. The monoisotopic (exact) mass is 606 g/mol. The topological polar surface area (TPSA) is 70.5 Å². The van der Waals surface area contributed by atoms with Crippen LogP contribution in [-0.2, 0) is 5.41 Å². The molecule has 0 heterocycles. The fourth-order valence-electron chi connectivity index (χ4n) is 6.13. The van der Waals surface area contributed by atoms with E-state index in [2.05, 4.69) is 62.4 Å². The zero-order valence-electron chi connectivity index (χ0n) is 27.6. The molecular formula is C41H54N2O2. The maximum absolute atomic E-state index is 6.11. The van der Waals surface area contributed by atoms with Crippen molar-refractivity contribution in [3.05, 3.63) is 108 Å². The molecule has 0 saturated heterocycles. The van der Waals surface area contributed by atoms with Crippen molar-refractivity contribution in [1.29, 1.82) is 0 Å². The third kappa shape index (κ3) is 10.6. The lowest BCUT2D eigenvalue weighted by molar-refractivity contribution is 0.462. The molecule has 0 bridgehead atoms. The van der Waals surface area contributed by atoms with Crippen LogP contribution in [0, 0.1) is 0 Å². The van der Waals surface area contributed by atoms with Crippen molar-refractivity contribution in [2.75, 3.05) is 11.5 Å². The first-order valence-electron chi connectivity index (χ1n) is 17.3. The second-order valence-corrected chi connectivity index (χ2v) is 12.7. The minimum absolute atomic E-state index is 0.146. The highest BCUT2D eigenvalue weighted by molar-refractivity contribution is 5.55. The zero-order chi connectivity index (χ0) is 31.7. The number of rotatable bonds is 20. The van der Waals surface area contributed by atoms with E-state index in [1.165, 1.54) is 94.6 Å². The Labute approximate surface area is 272 Å². The molecule has 0 aromatic heterocycles. The van der Waals surface area contributed by atoms with Gasteiger partial charge in [0.1, 0.15) is 23.0 Å². The molecule has 0 fully saturated rings. The summed E-state index contributed by atoms with van der Waals surface area (Å²) in [7, 11) is 0. The van der Waals surface area contributed by atoms with E-state index >= 15 is 0 Å². The van der Waals surface area contributed by atoms with Crippen LogP contribution in [-0.4, -0.2) is 0 Å². The van der Waals surface area contributed by atoms with Crippen molar-refractivity contribution in [1.82, 2.24) is 0 Å². The molecule has 4 N–H and O–H groups in total. The van der Waals surface area contributed by atoms with Gasteiger partial charge < -0.3 is 20.9 Å². The van der Waals surface area contributed by atoms with Crippen molar-refractivity contribution >= 4 is 11.4 Å². The lowest BCUT2D eigenvalue weighted by atomic mass is 9.72. The Bertz CT molecular complexity index is 1310. The predicted octanol–water partition coefficient (Wildman–Crippen LogP) is 12.2. The minimum Gasteiger partial charge on any atom is -0.455 e. The molecule has 0 unspecified atom stereocenters. The van der Waals surface area contributed by atoms with E-state index in [1.54, 1.807) is 0 Å². The van der Waals surface area contributed by atoms with Crippen molar-refractivity contribution in [3.63, 3.8) is 0 Å². The number of hydrogen-bond donors (Lipinski definition) is 2. The normalized spacial score (nSPS) is 11.4. The Morgan fingerprint density at radius 2 is 0.822 bits per heavy atom. The van der Waals surface area contributed by atoms with Gasteiger partial charge in [0.2, 0.25) is 0 Å². The average Bonchev–Trinajstić information content (AvgIpc) is 3.06. The Morgan fingerprint density at radius 3 is 1.20 bits per heavy atom. The van der Waals surface area contributed by atoms with Gasteiger partial charge in [0, 0.05) is 5.41 Å². The van der Waals surface area contributed by atoms with E-state index in [4.69, 9.17) is 20.9 Å². The molecule has 4 rings (SSSR count). The van der Waals surface area contributed by atoms with Gasteiger partial charge in [0.25, 0.3) is 0 Å². The molecule has 4 aromatic carbocycles. The fourth-order valence-corrected chi connectivity index (χ4v) is 6.13. The lowest BCUT2D eigenvalue weighted by Gasteiger charge is -2.31. The fraction of sp³-hybridized carbons (Fsp3) is 0.415. The highest BCUT2D eigenvalue weighted by Gasteiger charge is 2.28. The Morgan fingerprint density at radius 1 is 0.467 bits per heavy atom. The molecule has 0 spiro atoms. The number of anilines is 2. The molecule has 4 nitrogen and oxygen atoms in total. The van der Waals surface area contributed by atoms with Crippen LogP contribution in [0.15, 0.2) is 97.1 Å². The summed E-state index contributed by atoms with van der Waals surface area (Å²) in [5, 5.41) is 0. The van der Waals surface area contributed by atoms with Crippen LogP contribution in [0.2, 0.25) is 0 Å². The molecule has 0 radical (unpaired) electrons. The summed E-state index contributed by atoms with van der Waals surface area (Å²) in [6.45, 7) is 4.65. The van der Waals surface area contributed by atoms with Gasteiger partial charge in [-0.1, -0.05) is 146 Å². The van der Waals surface area contributed by atoms with Crippen LogP contribution in [0.4, 0.5) is 11.4 Å². The van der Waals surface area contributed by atoms with Crippen LogP contribution in [0.3, 0.4) is 0 Å². The number of hydrogen-bond acceptors (Lipinski definition) is 4. The maximum atomic E-state index is 6.11. The number of ether oxygens (including phenoxy) is 2. The zero-order valence-corrected chi connectivity index (χ0v) is 27.6. The summed E-state index contributed by atoms with van der Waals surface area (Å²) < 4.78 is 12.2. The number of nitrogens with two attached hydrogens (primary N) is 2. The van der Waals surface area contributed by atoms with E-state index in [-0.39, 0.29) is 5.41 Å². The number of nitrogen functional groups attached to an aromatic ring is 2. The van der Waals surface area contributed by atoms with Gasteiger partial charge in [-0.3, -0.25) is 0 Å². The van der Waals surface area contributed by atoms with Gasteiger partial charge in [0.05, 0.1) is 11.4 Å². The van der Waals surface area contributed by atoms with E-state index < -0.39 is 0 Å². The number of benzene rings is 4. The van der Waals surface area contributed by atoms with Crippen LogP contribution >= 0.6 is 0 Å². The summed E-state index contributed by atoms with van der Waals surface area (Å²) in [5.41, 5.74) is 15.9. The molecule has 0 amide bonds. The summed E-state index contributed by atoms with van der Waals surface area (Å²) >= 11 is 0. The molecule has 0 atom stereocenters. The smallest absolute Gasteiger partial charge is 0.150 e. The summed E-state index contributed by atoms with van der Waals surface area (Å²) in [5.74, 6) is 2.91. The molecule has 240 valence electrons. The van der Waals surface area contributed by atoms with Gasteiger partial charge >= 0.3 is 0 Å². The van der Waals surface area contributed by atoms with Crippen LogP contribution in [0.5, 0.6) is 23.0 Å². The quantitative estimate of drug-likeness (QED) is 0.0775. The third-order valence-corrected chi connectivity index (χ3v) is 9.06. The van der Waals surface area contributed by atoms with E-state index in [0.717, 1.165) is 17.9 Å². The second-order valence-electron chi connectivity index (χ2n) is 12.7. The molecular weight excluding hydrogens is 552 g/mol. The first-order valence-corrected chi connectivity index (χ1v) is 17.3. The van der Waals surface area contributed by atoms with Gasteiger partial charge in [0.15, 0.2) is 0 Å². The van der Waals surface area contributed by atoms with Crippen LogP contribution in [0.1, 0.15) is 115 Å². The highest BCUT2D eigenvalue weighted by Crippen LogP contribution is 2.40. The third-order valence-electron chi connectivity index (χ3n) is 9.06. The molecule has 0 aliphatic heterocycles. The van der Waals surface area contributed by atoms with Gasteiger partial charge in [-0.15, -0.1) is 0 Å². The Hall–Kier alpha value is -3.92. The van der Waals surface area contributed by atoms with E-state index in [1.807, 2.05) is 48.5 Å². The summed E-state index contributed by atoms with van der Waals surface area (Å²) in [6.07, 6.45) is 18.7. The van der Waals surface area contributed by atoms with Crippen LogP contribution in [0.25, 0.3) is 0 Å². The number of para-hydroxylation sites is 4. The van der Waals surface area contributed by atoms with Crippen molar-refractivity contribution < 1.29 is 9.47 Å². The predicted molar refractivity (Wildman–Crippen MR) is 192 cm³/mol. The standard InChI is InChI=1S/C41H54N2O2/c1-3-4-5-6-7-8-9-10-11-12-13-14-19-32-41(2,33-24-28-35(29-25-33)44-39-22-17-15-20-37(39)42)34-26-30-36(31-27-34)45-40-23-18-16-21-38(40)43/h15-18,20-31H,3-14,19,32,42-43H2,1-2H3. The van der Waals surface area contributed by atoms with Crippen molar-refractivity contribution in [3.8, 4) is 23.0 Å². The van der Waals surface area contributed by atoms with Crippen LogP contribution < -0.4 is 20.9 Å². The first kappa shape index (κ1) is 34.0. The van der Waals surface area contributed by atoms with Gasteiger partial charge in [-0.2, -0.15) is 0 Å². The van der Waals surface area contributed by atoms with Gasteiger partial charge in [-0.25, -0.2) is 0 Å². The van der Waals surface area contributed by atoms with E-state index in [0.29, 0.717) is 22.9 Å². The lowest BCUT2D eigenvalue weighted by Crippen LogP contribution is -2.23. The summed E-state index contributed by atoms with van der Waals surface area (Å²) in [4.78, 5) is 0. The molecule has 4 heteroatoms. The molecule has 0 aliphatic rings. The average molecular weight is 607 g/mol. The molecule has 4 aromatic rings. The SMILES string of the molecule is CCCCCCCCCCCCCCCC(C)(c1ccc(Oc2ccccc2N)cc1)c1ccc(Oc2ccccc2N)cc1. The molecule has 0 saturated carbocycles. The first-order chi connectivity index (χ1) is 22.0. The minimum atomic E-state index is -0.146. The largest absolute Gasteiger partial charge is 0.455 e. The highest BCUT2D eigenvalue weighted by atomic mass is 16.5. The second kappa shape index (κ2) is 18.1. The Balaban J connectivity index is 1.36. The van der Waals surface area contributed by atoms with E-state index in [9.17, 15) is 0 Å². The number of unbranched alkanes of at least 4 members (excludes halogenated alkanes) is 12. The van der Waals surface area contributed by atoms with Crippen molar-refractivity contribution in [2.45, 2.75) is 109 Å². The maximum Gasteiger partial charge on any atom is 0.150 e. The van der Waals surface area contributed by atoms with Crippen molar-refractivity contribution in [2.24, 2.45) is 0 Å². The summed E-state index contributed by atoms with van der Waals surface area (Å²) in [6, 6.07) is 32.2. The molecule has 0 aliphatic carbocycles.